The number of aryl methyl sites for hydroxylation is 1. The summed E-state index contributed by atoms with van der Waals surface area (Å²) in [5.41, 5.74) is 3.87. The predicted octanol–water partition coefficient (Wildman–Crippen LogP) is 2.22. The number of hydrogen-bond acceptors (Lipinski definition) is 3. The van der Waals surface area contributed by atoms with E-state index in [9.17, 15) is 0 Å². The van der Waals surface area contributed by atoms with Crippen molar-refractivity contribution in [2.75, 3.05) is 0 Å². The first-order valence-corrected chi connectivity index (χ1v) is 5.95. The van der Waals surface area contributed by atoms with Crippen LogP contribution in [0.2, 0.25) is 0 Å². The molecule has 0 spiro atoms. The van der Waals surface area contributed by atoms with Gasteiger partial charge < -0.3 is 0 Å². The molecule has 1 saturated carbocycles. The fourth-order valence-corrected chi connectivity index (χ4v) is 2.13. The lowest BCUT2D eigenvalue weighted by atomic mass is 9.99. The van der Waals surface area contributed by atoms with E-state index in [0.29, 0.717) is 5.41 Å². The molecule has 0 aromatic carbocycles. The lowest BCUT2D eigenvalue weighted by Gasteiger charge is -2.10. The Kier molecular flexibility index (Phi) is 2.24. The summed E-state index contributed by atoms with van der Waals surface area (Å²) in [5.74, 6) is 0. The average molecular weight is 228 g/mol. The number of rotatable bonds is 3. The summed E-state index contributed by atoms with van der Waals surface area (Å²) in [4.78, 5) is 8.26. The van der Waals surface area contributed by atoms with E-state index < -0.39 is 0 Å². The zero-order valence-corrected chi connectivity index (χ0v) is 10.2. The van der Waals surface area contributed by atoms with Crippen LogP contribution in [0.15, 0.2) is 24.8 Å². The number of hydrogen-bond donors (Lipinski definition) is 0. The first kappa shape index (κ1) is 10.4. The van der Waals surface area contributed by atoms with E-state index in [-0.39, 0.29) is 0 Å². The van der Waals surface area contributed by atoms with Crippen molar-refractivity contribution in [1.82, 2.24) is 19.7 Å². The van der Waals surface area contributed by atoms with E-state index in [1.165, 1.54) is 18.5 Å². The zero-order valence-electron chi connectivity index (χ0n) is 10.2. The Balaban J connectivity index is 2.00. The molecule has 0 N–H and O–H groups in total. The maximum absolute atomic E-state index is 4.36. The molecule has 1 aliphatic carbocycles. The van der Waals surface area contributed by atoms with E-state index >= 15 is 0 Å². The highest BCUT2D eigenvalue weighted by Crippen LogP contribution is 2.48. The Hall–Kier alpha value is -1.71. The van der Waals surface area contributed by atoms with E-state index in [4.69, 9.17) is 0 Å². The largest absolute Gasteiger partial charge is 0.272 e. The van der Waals surface area contributed by atoms with E-state index in [2.05, 4.69) is 22.0 Å². The minimum absolute atomic E-state index is 0.482. The van der Waals surface area contributed by atoms with Crippen LogP contribution in [0.25, 0.3) is 11.3 Å². The van der Waals surface area contributed by atoms with Crippen LogP contribution in [0.5, 0.6) is 0 Å². The molecule has 4 heteroatoms. The van der Waals surface area contributed by atoms with Gasteiger partial charge in [0.1, 0.15) is 6.33 Å². The summed E-state index contributed by atoms with van der Waals surface area (Å²) < 4.78 is 1.97. The van der Waals surface area contributed by atoms with Crippen molar-refractivity contribution < 1.29 is 0 Å². The van der Waals surface area contributed by atoms with Gasteiger partial charge in [0, 0.05) is 24.5 Å². The minimum Gasteiger partial charge on any atom is -0.272 e. The monoisotopic (exact) mass is 228 g/mol. The Morgan fingerprint density at radius 1 is 1.41 bits per heavy atom. The molecule has 0 aliphatic heterocycles. The SMILES string of the molecule is Cn1ncc(-c2ccncn2)c1CC1(C)CC1. The molecule has 1 aliphatic rings. The van der Waals surface area contributed by atoms with Crippen molar-refractivity contribution in [3.05, 3.63) is 30.5 Å². The van der Waals surface area contributed by atoms with Gasteiger partial charge in [-0.25, -0.2) is 9.97 Å². The molecular formula is C13H16N4. The lowest BCUT2D eigenvalue weighted by Crippen LogP contribution is -2.06. The molecule has 17 heavy (non-hydrogen) atoms. The van der Waals surface area contributed by atoms with Crippen molar-refractivity contribution in [3.63, 3.8) is 0 Å². The van der Waals surface area contributed by atoms with Crippen molar-refractivity contribution >= 4 is 0 Å². The fourth-order valence-electron chi connectivity index (χ4n) is 2.13. The second-order valence-electron chi connectivity index (χ2n) is 5.21. The van der Waals surface area contributed by atoms with Crippen molar-refractivity contribution in [2.24, 2.45) is 12.5 Å². The molecule has 0 unspecified atom stereocenters. The summed E-state index contributed by atoms with van der Waals surface area (Å²) in [5, 5.41) is 4.36. The first-order valence-electron chi connectivity index (χ1n) is 5.95. The summed E-state index contributed by atoms with van der Waals surface area (Å²) in [7, 11) is 2.01. The topological polar surface area (TPSA) is 43.6 Å². The van der Waals surface area contributed by atoms with Crippen molar-refractivity contribution in [2.45, 2.75) is 26.2 Å². The van der Waals surface area contributed by atoms with Crippen LogP contribution < -0.4 is 0 Å². The number of nitrogens with zero attached hydrogens (tertiary/aromatic N) is 4. The van der Waals surface area contributed by atoms with Gasteiger partial charge in [-0.15, -0.1) is 0 Å². The second kappa shape index (κ2) is 3.65. The lowest BCUT2D eigenvalue weighted by molar-refractivity contribution is 0.537. The van der Waals surface area contributed by atoms with Gasteiger partial charge >= 0.3 is 0 Å². The predicted molar refractivity (Wildman–Crippen MR) is 65.3 cm³/mol. The molecule has 0 amide bonds. The van der Waals surface area contributed by atoms with Gasteiger partial charge in [-0.3, -0.25) is 4.68 Å². The molecular weight excluding hydrogens is 212 g/mol. The molecule has 1 fully saturated rings. The third kappa shape index (κ3) is 1.95. The first-order chi connectivity index (χ1) is 8.18. The molecule has 88 valence electrons. The summed E-state index contributed by atoms with van der Waals surface area (Å²) >= 11 is 0. The van der Waals surface area contributed by atoms with Crippen LogP contribution in [0.3, 0.4) is 0 Å². The molecule has 0 radical (unpaired) electrons. The molecule has 3 rings (SSSR count). The maximum atomic E-state index is 4.36. The van der Waals surface area contributed by atoms with Gasteiger partial charge in [0.05, 0.1) is 11.9 Å². The van der Waals surface area contributed by atoms with Gasteiger partial charge in [-0.05, 0) is 30.7 Å². The molecule has 0 bridgehead atoms. The standard InChI is InChI=1S/C13H16N4/c1-13(4-5-13)7-12-10(8-16-17(12)2)11-3-6-14-9-15-11/h3,6,8-9H,4-5,7H2,1-2H3. The van der Waals surface area contributed by atoms with Crippen LogP contribution in [0.4, 0.5) is 0 Å². The molecule has 2 aromatic rings. The third-order valence-corrected chi connectivity index (χ3v) is 3.62. The Labute approximate surface area is 101 Å². The van der Waals surface area contributed by atoms with E-state index in [1.807, 2.05) is 24.0 Å². The Bertz CT molecular complexity index is 526. The van der Waals surface area contributed by atoms with Gasteiger partial charge in [-0.1, -0.05) is 6.92 Å². The number of aromatic nitrogens is 4. The van der Waals surface area contributed by atoms with Crippen LogP contribution in [0.1, 0.15) is 25.5 Å². The smallest absolute Gasteiger partial charge is 0.116 e. The minimum atomic E-state index is 0.482. The second-order valence-corrected chi connectivity index (χ2v) is 5.21. The molecule has 4 nitrogen and oxygen atoms in total. The molecule has 0 saturated heterocycles. The average Bonchev–Trinajstić information content (AvgIpc) is 2.96. The van der Waals surface area contributed by atoms with Crippen LogP contribution >= 0.6 is 0 Å². The van der Waals surface area contributed by atoms with Gasteiger partial charge in [0.25, 0.3) is 0 Å². The Morgan fingerprint density at radius 3 is 2.88 bits per heavy atom. The summed E-state index contributed by atoms with van der Waals surface area (Å²) in [6.07, 6.45) is 9.00. The molecule has 2 aromatic heterocycles. The Morgan fingerprint density at radius 2 is 2.24 bits per heavy atom. The normalized spacial score (nSPS) is 17.1. The van der Waals surface area contributed by atoms with E-state index in [0.717, 1.165) is 17.7 Å². The highest BCUT2D eigenvalue weighted by molar-refractivity contribution is 5.60. The highest BCUT2D eigenvalue weighted by atomic mass is 15.3. The highest BCUT2D eigenvalue weighted by Gasteiger charge is 2.38. The van der Waals surface area contributed by atoms with Crippen LogP contribution in [0, 0.1) is 5.41 Å². The summed E-state index contributed by atoms with van der Waals surface area (Å²) in [6.45, 7) is 2.34. The molecule has 0 atom stereocenters. The van der Waals surface area contributed by atoms with Crippen LogP contribution in [-0.4, -0.2) is 19.7 Å². The quantitative estimate of drug-likeness (QED) is 0.809. The zero-order chi connectivity index (χ0) is 11.9. The van der Waals surface area contributed by atoms with E-state index in [1.54, 1.807) is 12.5 Å². The van der Waals surface area contributed by atoms with Gasteiger partial charge in [0.15, 0.2) is 0 Å². The van der Waals surface area contributed by atoms with Gasteiger partial charge in [-0.2, -0.15) is 5.10 Å². The third-order valence-electron chi connectivity index (χ3n) is 3.62. The summed E-state index contributed by atoms with van der Waals surface area (Å²) in [6, 6.07) is 1.94. The maximum Gasteiger partial charge on any atom is 0.116 e. The van der Waals surface area contributed by atoms with Gasteiger partial charge in [0.2, 0.25) is 0 Å². The van der Waals surface area contributed by atoms with Crippen molar-refractivity contribution in [3.8, 4) is 11.3 Å². The van der Waals surface area contributed by atoms with Crippen molar-refractivity contribution in [1.29, 1.82) is 0 Å². The molecule has 2 heterocycles. The van der Waals surface area contributed by atoms with Crippen LogP contribution in [-0.2, 0) is 13.5 Å². The fraction of sp³-hybridized carbons (Fsp3) is 0.462.